The van der Waals surface area contributed by atoms with Crippen LogP contribution in [-0.2, 0) is 93.3 Å². The van der Waals surface area contributed by atoms with E-state index < -0.39 is 87.2 Å². The largest absolute Gasteiger partial charge is 0.469 e. The summed E-state index contributed by atoms with van der Waals surface area (Å²) in [5.74, 6) is -1.13. The first-order valence-corrected chi connectivity index (χ1v) is 22.4. The van der Waals surface area contributed by atoms with Crippen LogP contribution < -0.4 is 0 Å². The van der Waals surface area contributed by atoms with Crippen molar-refractivity contribution in [3.8, 4) is 0 Å². The molecule has 0 spiro atoms. The summed E-state index contributed by atoms with van der Waals surface area (Å²) in [6.07, 6.45) is 4.60. The Morgan fingerprint density at radius 2 is 1.02 bits per heavy atom. The van der Waals surface area contributed by atoms with Gasteiger partial charge < -0.3 is 4.74 Å². The Kier molecular flexibility index (Phi) is 34.5. The monoisotopic (exact) mass is 858 g/mol. The summed E-state index contributed by atoms with van der Waals surface area (Å²) in [5.41, 5.74) is 1.47. The molecule has 0 rings (SSSR count). The highest BCUT2D eigenvalue weighted by molar-refractivity contribution is 7.90. The highest BCUT2D eigenvalue weighted by atomic mass is 32.3. The van der Waals surface area contributed by atoms with Crippen molar-refractivity contribution in [3.63, 3.8) is 0 Å². The molecule has 23 nitrogen and oxygen atoms in total. The Hall–Kier alpha value is -1.61. The first-order valence-electron chi connectivity index (χ1n) is 13.2. The van der Waals surface area contributed by atoms with Crippen molar-refractivity contribution in [2.45, 2.75) is 46.5 Å². The van der Waals surface area contributed by atoms with Crippen LogP contribution in [0, 0.1) is 0 Å². The molecule has 0 aromatic carbocycles. The van der Waals surface area contributed by atoms with Gasteiger partial charge in [0.15, 0.2) is 0 Å². The number of nitrogens with zero attached hydrogens (tertiary/aromatic N) is 1. The van der Waals surface area contributed by atoms with E-state index in [9.17, 15) is 55.9 Å². The third-order valence-electron chi connectivity index (χ3n) is 4.12. The van der Waals surface area contributed by atoms with E-state index in [2.05, 4.69) is 54.0 Å². The first kappa shape index (κ1) is 57.7. The number of Topliss-reactive ketones (excluding diaryl/α,β-unsaturated/α-hetero) is 1. The van der Waals surface area contributed by atoms with E-state index in [0.29, 0.717) is 0 Å². The normalized spacial score (nSPS) is 12.1. The van der Waals surface area contributed by atoms with Crippen LogP contribution in [0.1, 0.15) is 46.5 Å². The van der Waals surface area contributed by atoms with Crippen LogP contribution in [0.4, 0.5) is 0 Å². The van der Waals surface area contributed by atoms with Gasteiger partial charge in [-0.25, -0.2) is 29.7 Å². The Bertz CT molecular complexity index is 1480. The van der Waals surface area contributed by atoms with Crippen LogP contribution in [-0.4, -0.2) is 158 Å². The summed E-state index contributed by atoms with van der Waals surface area (Å²) in [7, 11) is -16.7. The lowest BCUT2D eigenvalue weighted by atomic mass is 10.2. The van der Waals surface area contributed by atoms with Gasteiger partial charge in [0.2, 0.25) is 0 Å². The van der Waals surface area contributed by atoms with Gasteiger partial charge in [-0.1, -0.05) is 6.92 Å². The maximum absolute atomic E-state index is 10.4. The lowest BCUT2D eigenvalue weighted by molar-refractivity contribution is -0.466. The van der Waals surface area contributed by atoms with Gasteiger partial charge in [-0.2, -0.15) is 33.7 Å². The predicted molar refractivity (Wildman–Crippen MR) is 178 cm³/mol. The molecule has 0 aromatic heterocycles. The molecule has 0 aliphatic rings. The molecule has 0 amide bonds. The SMILES string of the molecule is CC(=O)CCOS(=O)(=O)O.CCCC(C)=[N+](C)C.COC(=O)CCOS(=O)(=O)O.CS(=O)(=O)CCOS(=O)(=O)O.CS(=O)CCOS(=O)(=O)O. The Labute approximate surface area is 296 Å². The van der Waals surface area contributed by atoms with E-state index in [1.807, 2.05) is 0 Å². The summed E-state index contributed by atoms with van der Waals surface area (Å²) < 4.78 is 163. The molecule has 0 bridgehead atoms. The number of esters is 1. The summed E-state index contributed by atoms with van der Waals surface area (Å²) in [6, 6.07) is 0. The fourth-order valence-corrected chi connectivity index (χ4v) is 3.85. The summed E-state index contributed by atoms with van der Waals surface area (Å²) in [4.78, 5) is 20.5. The average molecular weight is 859 g/mol. The zero-order chi connectivity index (χ0) is 41.0. The fraction of sp³-hybridized carbons (Fsp3) is 0.857. The van der Waals surface area contributed by atoms with E-state index in [1.165, 1.54) is 31.7 Å². The van der Waals surface area contributed by atoms with Crippen molar-refractivity contribution in [3.05, 3.63) is 0 Å². The van der Waals surface area contributed by atoms with Crippen LogP contribution in [0.15, 0.2) is 0 Å². The standard InChI is InChI=1S/C7H16N.C4H8O6S.C4H8O5S.C3H8O6S2.C3H8O5S2/c1-5-6-7(2)8(3)4;1-9-4(5)2-3-10-11(6,7)8;1-4(5)2-3-9-10(6,7)8;1-10(4,5)3-2-9-11(6,7)8;1-9(4)3-2-8-10(5,6)7/h5-6H2,1-4H3;2-3H2,1H3,(H,6,7,8);2-3H2,1H3,(H,6,7,8);2-3H2,1H3,(H,6,7,8);2-3H2,1H3,(H,5,6,7)/q+1;;;;. The zero-order valence-electron chi connectivity index (χ0n) is 28.6. The van der Waals surface area contributed by atoms with Gasteiger partial charge >= 0.3 is 47.6 Å². The second kappa shape index (κ2) is 29.9. The maximum Gasteiger partial charge on any atom is 0.397 e. The molecule has 50 heavy (non-hydrogen) atoms. The van der Waals surface area contributed by atoms with Crippen molar-refractivity contribution < 1.29 is 100 Å². The first-order chi connectivity index (χ1) is 22.2. The quantitative estimate of drug-likeness (QED) is 0.0539. The topological polar surface area (TPSA) is 352 Å². The average Bonchev–Trinajstić information content (AvgIpc) is 2.86. The summed E-state index contributed by atoms with van der Waals surface area (Å²) in [6.45, 7) is 4.16. The molecule has 304 valence electrons. The van der Waals surface area contributed by atoms with Gasteiger partial charge in [-0.15, -0.1) is 0 Å². The Morgan fingerprint density at radius 1 is 0.660 bits per heavy atom. The van der Waals surface area contributed by atoms with Crippen LogP contribution >= 0.6 is 0 Å². The number of hydrogen-bond acceptors (Lipinski definition) is 18. The van der Waals surface area contributed by atoms with Gasteiger partial charge in [0, 0.05) is 48.8 Å². The fourth-order valence-electron chi connectivity index (χ4n) is 1.76. The molecule has 0 radical (unpaired) electrons. The lowest BCUT2D eigenvalue weighted by Gasteiger charge is -1.97. The predicted octanol–water partition coefficient (Wildman–Crippen LogP) is -1.29. The smallest absolute Gasteiger partial charge is 0.397 e. The molecule has 0 fully saturated rings. The number of rotatable bonds is 18. The molecular weight excluding hydrogens is 811 g/mol. The van der Waals surface area contributed by atoms with Crippen molar-refractivity contribution in [2.75, 3.05) is 71.6 Å². The molecule has 0 aliphatic heterocycles. The molecule has 0 aliphatic carbocycles. The molecule has 1 atom stereocenters. The van der Waals surface area contributed by atoms with Crippen LogP contribution in [0.2, 0.25) is 0 Å². The molecule has 0 heterocycles. The number of hydrogen-bond donors (Lipinski definition) is 4. The van der Waals surface area contributed by atoms with Crippen molar-refractivity contribution in [1.29, 1.82) is 0 Å². The van der Waals surface area contributed by atoms with Crippen molar-refractivity contribution >= 4 is 79.7 Å². The molecule has 29 heteroatoms. The van der Waals surface area contributed by atoms with E-state index in [-0.39, 0.29) is 37.6 Å². The summed E-state index contributed by atoms with van der Waals surface area (Å²) in [5, 5.41) is 0. The molecule has 1 unspecified atom stereocenters. The third kappa shape index (κ3) is 72.2. The maximum atomic E-state index is 10.4. The number of ketones is 1. The van der Waals surface area contributed by atoms with Crippen LogP contribution in [0.5, 0.6) is 0 Å². The summed E-state index contributed by atoms with van der Waals surface area (Å²) >= 11 is 0. The van der Waals surface area contributed by atoms with E-state index >= 15 is 0 Å². The van der Waals surface area contributed by atoms with Crippen LogP contribution in [0.3, 0.4) is 0 Å². The minimum absolute atomic E-state index is 0.0141. The third-order valence-corrected chi connectivity index (χ3v) is 7.63. The molecule has 0 saturated carbocycles. The van der Waals surface area contributed by atoms with Gasteiger partial charge in [0.05, 0.1) is 45.7 Å². The number of methoxy groups -OCH3 is 1. The minimum atomic E-state index is -4.51. The number of sulfone groups is 1. The van der Waals surface area contributed by atoms with Gasteiger partial charge in [0.1, 0.15) is 35.4 Å². The van der Waals surface area contributed by atoms with Crippen LogP contribution in [0.25, 0.3) is 0 Å². The second-order valence-corrected chi connectivity index (χ2v) is 17.2. The second-order valence-electron chi connectivity index (χ2n) is 9.06. The van der Waals surface area contributed by atoms with Crippen molar-refractivity contribution in [1.82, 2.24) is 0 Å². The lowest BCUT2D eigenvalue weighted by Crippen LogP contribution is -2.13. The van der Waals surface area contributed by atoms with E-state index in [0.717, 1.165) is 13.4 Å². The Morgan fingerprint density at radius 3 is 1.28 bits per heavy atom. The highest BCUT2D eigenvalue weighted by Gasteiger charge is 2.08. The number of carbonyl (C=O) groups is 2. The van der Waals surface area contributed by atoms with Crippen molar-refractivity contribution in [2.24, 2.45) is 0 Å². The number of ether oxygens (including phenoxy) is 1. The Balaban J connectivity index is -0.000000169. The minimum Gasteiger partial charge on any atom is -0.469 e. The number of carbonyl (C=O) groups excluding carboxylic acids is 2. The van der Waals surface area contributed by atoms with E-state index in [4.69, 9.17) is 18.2 Å². The van der Waals surface area contributed by atoms with Gasteiger partial charge in [0.25, 0.3) is 0 Å². The highest BCUT2D eigenvalue weighted by Crippen LogP contribution is 1.92. The zero-order valence-corrected chi connectivity index (χ0v) is 33.5. The molecule has 0 saturated heterocycles. The molecular formula is C21H48NO22S6+. The van der Waals surface area contributed by atoms with E-state index in [1.54, 1.807) is 0 Å². The molecule has 4 N–H and O–H groups in total. The van der Waals surface area contributed by atoms with Gasteiger partial charge in [-0.3, -0.25) is 32.0 Å². The molecule has 0 aromatic rings. The van der Waals surface area contributed by atoms with Gasteiger partial charge in [-0.05, 0) is 13.3 Å².